The Morgan fingerprint density at radius 3 is 2.28 bits per heavy atom. The fraction of sp³-hybridized carbons (Fsp3) is 0.458. The Bertz CT molecular complexity index is 806. The van der Waals surface area contributed by atoms with E-state index >= 15 is 0 Å². The zero-order valence-corrected chi connectivity index (χ0v) is 17.4. The summed E-state index contributed by atoms with van der Waals surface area (Å²) in [6.07, 6.45) is 2.55. The number of benzene rings is 2. The van der Waals surface area contributed by atoms with Gasteiger partial charge in [-0.3, -0.25) is 14.6 Å². The molecule has 0 aliphatic carbocycles. The van der Waals surface area contributed by atoms with Crippen LogP contribution in [-0.4, -0.2) is 61.5 Å². The number of hydrogen-bond donors (Lipinski definition) is 1. The summed E-state index contributed by atoms with van der Waals surface area (Å²) in [5.74, 6) is 0.0751. The molecule has 2 aliphatic heterocycles. The van der Waals surface area contributed by atoms with Gasteiger partial charge in [0.1, 0.15) is 0 Å². The predicted octanol–water partition coefficient (Wildman–Crippen LogP) is 3.35. The lowest BCUT2D eigenvalue weighted by atomic mass is 10.1. The van der Waals surface area contributed by atoms with Crippen molar-refractivity contribution in [2.45, 2.75) is 26.3 Å². The van der Waals surface area contributed by atoms with E-state index in [9.17, 15) is 4.79 Å². The largest absolute Gasteiger partial charge is 0.372 e. The van der Waals surface area contributed by atoms with E-state index in [0.29, 0.717) is 6.54 Å². The SMILES string of the molecule is Cc1cccc(CN2CCN(CC(=O)Nc3ccc(N4CCCC4)cc3)CC2)c1. The maximum atomic E-state index is 12.5. The second kappa shape index (κ2) is 9.42. The van der Waals surface area contributed by atoms with E-state index in [1.807, 2.05) is 12.1 Å². The van der Waals surface area contributed by atoms with Crippen LogP contribution < -0.4 is 10.2 Å². The fourth-order valence-corrected chi connectivity index (χ4v) is 4.31. The molecule has 0 saturated carbocycles. The van der Waals surface area contributed by atoms with Crippen molar-refractivity contribution in [2.75, 3.05) is 56.0 Å². The molecule has 0 spiro atoms. The summed E-state index contributed by atoms with van der Waals surface area (Å²) in [5, 5.41) is 3.05. The number of carbonyl (C=O) groups excluding carboxylic acids is 1. The van der Waals surface area contributed by atoms with Crippen molar-refractivity contribution < 1.29 is 4.79 Å². The lowest BCUT2D eigenvalue weighted by Gasteiger charge is -2.34. The molecule has 2 aromatic rings. The smallest absolute Gasteiger partial charge is 0.238 e. The molecule has 2 aromatic carbocycles. The first-order chi connectivity index (χ1) is 14.2. The molecule has 4 rings (SSSR count). The lowest BCUT2D eigenvalue weighted by Crippen LogP contribution is -2.48. The lowest BCUT2D eigenvalue weighted by molar-refractivity contribution is -0.117. The first kappa shape index (κ1) is 19.9. The van der Waals surface area contributed by atoms with E-state index in [1.165, 1.54) is 29.7 Å². The molecule has 2 aliphatic rings. The van der Waals surface area contributed by atoms with Crippen molar-refractivity contribution in [3.8, 4) is 0 Å². The van der Waals surface area contributed by atoms with Crippen molar-refractivity contribution in [3.63, 3.8) is 0 Å². The van der Waals surface area contributed by atoms with Crippen molar-refractivity contribution in [3.05, 3.63) is 59.7 Å². The number of nitrogens with one attached hydrogen (secondary N) is 1. The van der Waals surface area contributed by atoms with Gasteiger partial charge in [0.2, 0.25) is 5.91 Å². The van der Waals surface area contributed by atoms with E-state index < -0.39 is 0 Å². The summed E-state index contributed by atoms with van der Waals surface area (Å²) in [5.41, 5.74) is 4.82. The molecule has 1 N–H and O–H groups in total. The van der Waals surface area contributed by atoms with Gasteiger partial charge >= 0.3 is 0 Å². The van der Waals surface area contributed by atoms with Gasteiger partial charge in [-0.2, -0.15) is 0 Å². The van der Waals surface area contributed by atoms with Crippen LogP contribution in [0.1, 0.15) is 24.0 Å². The molecule has 5 heteroatoms. The third kappa shape index (κ3) is 5.58. The molecule has 2 fully saturated rings. The third-order valence-corrected chi connectivity index (χ3v) is 5.94. The second-order valence-corrected chi connectivity index (χ2v) is 8.33. The molecule has 2 heterocycles. The van der Waals surface area contributed by atoms with E-state index in [1.54, 1.807) is 0 Å². The van der Waals surface area contributed by atoms with Crippen LogP contribution in [0, 0.1) is 6.92 Å². The minimum Gasteiger partial charge on any atom is -0.372 e. The monoisotopic (exact) mass is 392 g/mol. The summed E-state index contributed by atoms with van der Waals surface area (Å²) in [7, 11) is 0. The summed E-state index contributed by atoms with van der Waals surface area (Å²) in [4.78, 5) is 19.6. The van der Waals surface area contributed by atoms with Crippen LogP contribution in [0.4, 0.5) is 11.4 Å². The average molecular weight is 393 g/mol. The molecule has 0 aromatic heterocycles. The molecular formula is C24H32N4O. The maximum absolute atomic E-state index is 12.5. The van der Waals surface area contributed by atoms with Gasteiger partial charge in [0.05, 0.1) is 6.54 Å². The van der Waals surface area contributed by atoms with Gasteiger partial charge in [-0.1, -0.05) is 29.8 Å². The van der Waals surface area contributed by atoms with Crippen molar-refractivity contribution in [1.29, 1.82) is 0 Å². The number of amides is 1. The number of anilines is 2. The Morgan fingerprint density at radius 2 is 1.59 bits per heavy atom. The molecule has 5 nitrogen and oxygen atoms in total. The van der Waals surface area contributed by atoms with Gasteiger partial charge < -0.3 is 10.2 Å². The zero-order chi connectivity index (χ0) is 20.1. The number of hydrogen-bond acceptors (Lipinski definition) is 4. The van der Waals surface area contributed by atoms with Gasteiger partial charge in [0.25, 0.3) is 0 Å². The number of nitrogens with zero attached hydrogens (tertiary/aromatic N) is 3. The highest BCUT2D eigenvalue weighted by atomic mass is 16.2. The first-order valence-corrected chi connectivity index (χ1v) is 10.8. The molecule has 0 bridgehead atoms. The Labute approximate surface area is 174 Å². The second-order valence-electron chi connectivity index (χ2n) is 8.33. The minimum absolute atomic E-state index is 0.0751. The van der Waals surface area contributed by atoms with Crippen molar-refractivity contribution in [1.82, 2.24) is 9.80 Å². The normalized spacial score (nSPS) is 18.2. The van der Waals surface area contributed by atoms with Gasteiger partial charge in [0, 0.05) is 57.2 Å². The van der Waals surface area contributed by atoms with Crippen molar-refractivity contribution in [2.24, 2.45) is 0 Å². The molecule has 0 unspecified atom stereocenters. The highest BCUT2D eigenvalue weighted by Gasteiger charge is 2.19. The summed E-state index contributed by atoms with van der Waals surface area (Å²) in [6, 6.07) is 17.0. The average Bonchev–Trinajstić information content (AvgIpc) is 3.25. The Morgan fingerprint density at radius 1 is 0.897 bits per heavy atom. The minimum atomic E-state index is 0.0751. The molecule has 1 amide bonds. The number of piperazine rings is 1. The third-order valence-electron chi connectivity index (χ3n) is 5.94. The van der Waals surface area contributed by atoms with Gasteiger partial charge in [-0.15, -0.1) is 0 Å². The van der Waals surface area contributed by atoms with Gasteiger partial charge in [-0.05, 0) is 49.6 Å². The molecule has 0 radical (unpaired) electrons. The highest BCUT2D eigenvalue weighted by Crippen LogP contribution is 2.22. The van der Waals surface area contributed by atoms with Gasteiger partial charge in [0.15, 0.2) is 0 Å². The number of rotatable bonds is 6. The van der Waals surface area contributed by atoms with Crippen LogP contribution in [0.25, 0.3) is 0 Å². The van der Waals surface area contributed by atoms with Crippen LogP contribution in [0.5, 0.6) is 0 Å². The fourth-order valence-electron chi connectivity index (χ4n) is 4.31. The molecule has 29 heavy (non-hydrogen) atoms. The highest BCUT2D eigenvalue weighted by molar-refractivity contribution is 5.92. The number of aryl methyl sites for hydroxylation is 1. The zero-order valence-electron chi connectivity index (χ0n) is 17.4. The van der Waals surface area contributed by atoms with Crippen LogP contribution in [0.2, 0.25) is 0 Å². The Hall–Kier alpha value is -2.37. The van der Waals surface area contributed by atoms with Crippen LogP contribution >= 0.6 is 0 Å². The van der Waals surface area contributed by atoms with E-state index in [4.69, 9.17) is 0 Å². The van der Waals surface area contributed by atoms with Crippen LogP contribution in [0.3, 0.4) is 0 Å². The van der Waals surface area contributed by atoms with E-state index in [-0.39, 0.29) is 5.91 Å². The summed E-state index contributed by atoms with van der Waals surface area (Å²) >= 11 is 0. The molecular weight excluding hydrogens is 360 g/mol. The summed E-state index contributed by atoms with van der Waals surface area (Å²) < 4.78 is 0. The Kier molecular flexibility index (Phi) is 6.47. The topological polar surface area (TPSA) is 38.8 Å². The molecule has 154 valence electrons. The Balaban J connectivity index is 1.20. The standard InChI is InChI=1S/C24H32N4O/c1-20-5-4-6-21(17-20)18-26-13-15-27(16-14-26)19-24(29)25-22-7-9-23(10-8-22)28-11-2-3-12-28/h4-10,17H,2-3,11-16,18-19H2,1H3,(H,25,29). The quantitative estimate of drug-likeness (QED) is 0.818. The summed E-state index contributed by atoms with van der Waals surface area (Å²) in [6.45, 7) is 9.76. The van der Waals surface area contributed by atoms with E-state index in [2.05, 4.69) is 63.3 Å². The first-order valence-electron chi connectivity index (χ1n) is 10.8. The maximum Gasteiger partial charge on any atom is 0.238 e. The number of carbonyl (C=O) groups is 1. The molecule has 2 saturated heterocycles. The van der Waals surface area contributed by atoms with E-state index in [0.717, 1.165) is 51.5 Å². The van der Waals surface area contributed by atoms with Crippen LogP contribution in [0.15, 0.2) is 48.5 Å². The van der Waals surface area contributed by atoms with Crippen molar-refractivity contribution >= 4 is 17.3 Å². The molecule has 0 atom stereocenters. The van der Waals surface area contributed by atoms with Crippen LogP contribution in [-0.2, 0) is 11.3 Å². The predicted molar refractivity (Wildman–Crippen MR) is 119 cm³/mol. The van der Waals surface area contributed by atoms with Gasteiger partial charge in [-0.25, -0.2) is 0 Å².